The van der Waals surface area contributed by atoms with Crippen LogP contribution in [0, 0.1) is 6.92 Å². The van der Waals surface area contributed by atoms with Gasteiger partial charge >= 0.3 is 0 Å². The molecule has 0 aromatic heterocycles. The zero-order valence-electron chi connectivity index (χ0n) is 18.2. The zero-order chi connectivity index (χ0) is 20.8. The van der Waals surface area contributed by atoms with Crippen LogP contribution in [0.4, 0.5) is 0 Å². The van der Waals surface area contributed by atoms with Crippen molar-refractivity contribution in [3.8, 4) is 11.5 Å². The summed E-state index contributed by atoms with van der Waals surface area (Å²) in [4.78, 5) is 4.35. The molecular weight excluding hydrogens is 505 g/mol. The van der Waals surface area contributed by atoms with Gasteiger partial charge in [0.1, 0.15) is 24.2 Å². The number of halogens is 1. The van der Waals surface area contributed by atoms with Crippen LogP contribution in [0.25, 0.3) is 0 Å². The van der Waals surface area contributed by atoms with Crippen molar-refractivity contribution in [1.29, 1.82) is 0 Å². The van der Waals surface area contributed by atoms with E-state index >= 15 is 0 Å². The van der Waals surface area contributed by atoms with E-state index in [1.807, 2.05) is 12.1 Å². The van der Waals surface area contributed by atoms with Crippen LogP contribution in [0.1, 0.15) is 29.5 Å². The maximum Gasteiger partial charge on any atom is 0.191 e. The Morgan fingerprint density at radius 3 is 2.81 bits per heavy atom. The van der Waals surface area contributed by atoms with E-state index < -0.39 is 0 Å². The minimum atomic E-state index is 0. The van der Waals surface area contributed by atoms with Crippen LogP contribution in [-0.4, -0.2) is 45.0 Å². The quantitative estimate of drug-likeness (QED) is 0.320. The number of fused-ring (bicyclic) bond motifs is 1. The lowest BCUT2D eigenvalue weighted by Crippen LogP contribution is -2.42. The van der Waals surface area contributed by atoms with Gasteiger partial charge in [-0.15, -0.1) is 24.0 Å². The highest BCUT2D eigenvalue weighted by molar-refractivity contribution is 14.0. The Hall–Kier alpha value is -2.00. The third kappa shape index (κ3) is 6.49. The Morgan fingerprint density at radius 2 is 2.03 bits per heavy atom. The van der Waals surface area contributed by atoms with Gasteiger partial charge in [0.25, 0.3) is 0 Å². The summed E-state index contributed by atoms with van der Waals surface area (Å²) in [5, 5.41) is 6.77. The van der Waals surface area contributed by atoms with Crippen LogP contribution in [-0.2, 0) is 17.7 Å². The molecule has 2 aliphatic rings. The van der Waals surface area contributed by atoms with Crippen LogP contribution < -0.4 is 20.1 Å². The molecule has 2 N–H and O–H groups in total. The molecule has 0 spiro atoms. The van der Waals surface area contributed by atoms with E-state index in [2.05, 4.69) is 52.9 Å². The van der Waals surface area contributed by atoms with Crippen LogP contribution >= 0.6 is 24.0 Å². The highest BCUT2D eigenvalue weighted by atomic mass is 127. The van der Waals surface area contributed by atoms with E-state index in [-0.39, 0.29) is 36.2 Å². The first-order chi connectivity index (χ1) is 14.7. The fourth-order valence-corrected chi connectivity index (χ4v) is 3.88. The molecule has 2 heterocycles. The maximum absolute atomic E-state index is 6.10. The summed E-state index contributed by atoms with van der Waals surface area (Å²) in [5.74, 6) is 2.64. The zero-order valence-corrected chi connectivity index (χ0v) is 20.6. The van der Waals surface area contributed by atoms with E-state index in [0.717, 1.165) is 48.9 Å². The molecule has 168 valence electrons. The fraction of sp³-hybridized carbons (Fsp3) is 0.458. The molecule has 7 heteroatoms. The van der Waals surface area contributed by atoms with Crippen LogP contribution in [0.2, 0.25) is 0 Å². The average molecular weight is 537 g/mol. The molecule has 0 amide bonds. The van der Waals surface area contributed by atoms with Crippen molar-refractivity contribution in [2.24, 2.45) is 4.99 Å². The first-order valence-electron chi connectivity index (χ1n) is 10.7. The highest BCUT2D eigenvalue weighted by Crippen LogP contribution is 2.27. The van der Waals surface area contributed by atoms with Crippen molar-refractivity contribution in [3.05, 3.63) is 59.2 Å². The fourth-order valence-electron chi connectivity index (χ4n) is 3.88. The van der Waals surface area contributed by atoms with E-state index in [1.165, 1.54) is 11.1 Å². The molecule has 31 heavy (non-hydrogen) atoms. The van der Waals surface area contributed by atoms with Gasteiger partial charge < -0.3 is 24.8 Å². The lowest BCUT2D eigenvalue weighted by molar-refractivity contribution is 0.0676. The molecule has 0 aliphatic carbocycles. The van der Waals surface area contributed by atoms with Gasteiger partial charge in [-0.2, -0.15) is 0 Å². The number of rotatable bonds is 7. The summed E-state index contributed by atoms with van der Waals surface area (Å²) in [6.07, 6.45) is 3.43. The maximum atomic E-state index is 6.10. The third-order valence-corrected chi connectivity index (χ3v) is 5.55. The van der Waals surface area contributed by atoms with Gasteiger partial charge in [0.15, 0.2) is 5.96 Å². The molecule has 0 saturated carbocycles. The number of ether oxygens (including phenoxy) is 3. The number of aliphatic imine (C=N–C) groups is 1. The van der Waals surface area contributed by atoms with Crippen molar-refractivity contribution >= 4 is 29.9 Å². The summed E-state index contributed by atoms with van der Waals surface area (Å²) in [6, 6.07) is 14.5. The summed E-state index contributed by atoms with van der Waals surface area (Å²) in [6.45, 7) is 4.85. The third-order valence-electron chi connectivity index (χ3n) is 5.55. The Balaban J connectivity index is 0.00000272. The van der Waals surface area contributed by atoms with Crippen molar-refractivity contribution in [3.63, 3.8) is 0 Å². The molecule has 1 saturated heterocycles. The summed E-state index contributed by atoms with van der Waals surface area (Å²) in [7, 11) is 1.78. The molecule has 0 radical (unpaired) electrons. The first kappa shape index (κ1) is 23.7. The lowest BCUT2D eigenvalue weighted by Gasteiger charge is -2.18. The van der Waals surface area contributed by atoms with E-state index in [9.17, 15) is 0 Å². The van der Waals surface area contributed by atoms with Gasteiger partial charge in [-0.1, -0.05) is 30.3 Å². The number of para-hydroxylation sites is 1. The molecule has 2 aliphatic heterocycles. The molecule has 0 bridgehead atoms. The van der Waals surface area contributed by atoms with Crippen LogP contribution in [0.5, 0.6) is 11.5 Å². The highest BCUT2D eigenvalue weighted by Gasteiger charge is 2.22. The minimum Gasteiger partial charge on any atom is -0.491 e. The van der Waals surface area contributed by atoms with E-state index in [0.29, 0.717) is 19.7 Å². The summed E-state index contributed by atoms with van der Waals surface area (Å²) >= 11 is 0. The SMILES string of the molecule is CN=C(NCc1ccc(C)cc1OCC1CCCO1)NCC1Cc2ccccc2O1.I. The van der Waals surface area contributed by atoms with E-state index in [1.54, 1.807) is 7.05 Å². The van der Waals surface area contributed by atoms with Crippen LogP contribution in [0.3, 0.4) is 0 Å². The molecule has 2 atom stereocenters. The number of nitrogens with one attached hydrogen (secondary N) is 2. The van der Waals surface area contributed by atoms with Crippen molar-refractivity contribution < 1.29 is 14.2 Å². The normalized spacial score (nSPS) is 19.9. The molecule has 6 nitrogen and oxygen atoms in total. The second kappa shape index (κ2) is 11.6. The van der Waals surface area contributed by atoms with E-state index in [4.69, 9.17) is 14.2 Å². The topological polar surface area (TPSA) is 64.1 Å². The summed E-state index contributed by atoms with van der Waals surface area (Å²) in [5.41, 5.74) is 3.55. The van der Waals surface area contributed by atoms with Gasteiger partial charge in [0, 0.05) is 32.2 Å². The first-order valence-corrected chi connectivity index (χ1v) is 10.7. The van der Waals surface area contributed by atoms with Gasteiger partial charge in [-0.25, -0.2) is 0 Å². The number of guanidine groups is 1. The van der Waals surface area contributed by atoms with Crippen molar-refractivity contribution in [2.45, 2.75) is 44.9 Å². The summed E-state index contributed by atoms with van der Waals surface area (Å²) < 4.78 is 17.8. The van der Waals surface area contributed by atoms with Gasteiger partial charge in [-0.3, -0.25) is 4.99 Å². The van der Waals surface area contributed by atoms with Gasteiger partial charge in [0.2, 0.25) is 0 Å². The second-order valence-electron chi connectivity index (χ2n) is 7.92. The number of aryl methyl sites for hydroxylation is 1. The van der Waals surface area contributed by atoms with Crippen molar-refractivity contribution in [1.82, 2.24) is 10.6 Å². The Kier molecular flexibility index (Phi) is 8.83. The largest absolute Gasteiger partial charge is 0.491 e. The average Bonchev–Trinajstić information content (AvgIpc) is 3.42. The Labute approximate surface area is 201 Å². The standard InChI is InChI=1S/C24H31N3O3.HI/c1-17-9-10-19(23(12-17)29-16-20-7-5-11-28-20)14-26-24(25-2)27-15-21-13-18-6-3-4-8-22(18)30-21;/h3-4,6,8-10,12,20-21H,5,7,11,13-16H2,1-2H3,(H2,25,26,27);1H. The number of benzene rings is 2. The monoisotopic (exact) mass is 537 g/mol. The Bertz CT molecular complexity index is 859. The minimum absolute atomic E-state index is 0. The molecular formula is C24H32IN3O3. The number of hydrogen-bond acceptors (Lipinski definition) is 4. The number of hydrogen-bond donors (Lipinski definition) is 2. The molecule has 2 aromatic rings. The molecule has 2 aromatic carbocycles. The lowest BCUT2D eigenvalue weighted by atomic mass is 10.1. The van der Waals surface area contributed by atoms with Crippen LogP contribution in [0.15, 0.2) is 47.5 Å². The van der Waals surface area contributed by atoms with Gasteiger partial charge in [0.05, 0.1) is 12.6 Å². The molecule has 2 unspecified atom stereocenters. The predicted molar refractivity (Wildman–Crippen MR) is 134 cm³/mol. The second-order valence-corrected chi connectivity index (χ2v) is 7.92. The molecule has 1 fully saturated rings. The Morgan fingerprint density at radius 1 is 1.16 bits per heavy atom. The number of nitrogens with zero attached hydrogens (tertiary/aromatic N) is 1. The predicted octanol–water partition coefficient (Wildman–Crippen LogP) is 3.84. The molecule has 4 rings (SSSR count). The van der Waals surface area contributed by atoms with Gasteiger partial charge in [-0.05, 0) is 43.0 Å². The van der Waals surface area contributed by atoms with Crippen molar-refractivity contribution in [2.75, 3.05) is 26.8 Å². The smallest absolute Gasteiger partial charge is 0.191 e.